The van der Waals surface area contributed by atoms with Gasteiger partial charge in [-0.25, -0.2) is 8.78 Å². The number of halogens is 2. The van der Waals surface area contributed by atoms with Crippen LogP contribution in [0.3, 0.4) is 0 Å². The molecule has 1 amide bonds. The summed E-state index contributed by atoms with van der Waals surface area (Å²) in [5, 5.41) is 2.87. The number of carbonyl (C=O) groups excluding carboxylic acids is 1. The predicted octanol–water partition coefficient (Wildman–Crippen LogP) is 3.18. The molecule has 1 saturated heterocycles. The number of nitrogens with one attached hydrogen (secondary N) is 1. The van der Waals surface area contributed by atoms with Gasteiger partial charge in [-0.15, -0.1) is 0 Å². The van der Waals surface area contributed by atoms with Gasteiger partial charge in [0.15, 0.2) is 11.6 Å². The van der Waals surface area contributed by atoms with Gasteiger partial charge in [0, 0.05) is 18.4 Å². The van der Waals surface area contributed by atoms with E-state index in [1.807, 2.05) is 30.3 Å². The number of amides is 1. The van der Waals surface area contributed by atoms with Crippen molar-refractivity contribution in [1.29, 1.82) is 0 Å². The van der Waals surface area contributed by atoms with E-state index in [0.29, 0.717) is 6.42 Å². The maximum absolute atomic E-state index is 14.0. The van der Waals surface area contributed by atoms with Crippen LogP contribution in [-0.4, -0.2) is 11.9 Å². The molecule has 21 heavy (non-hydrogen) atoms. The summed E-state index contributed by atoms with van der Waals surface area (Å²) in [4.78, 5) is 11.7. The van der Waals surface area contributed by atoms with Gasteiger partial charge >= 0.3 is 0 Å². The number of rotatable bonds is 3. The fourth-order valence-corrected chi connectivity index (χ4v) is 2.90. The molecule has 2 nitrogen and oxygen atoms in total. The first-order chi connectivity index (χ1) is 10.1. The van der Waals surface area contributed by atoms with Gasteiger partial charge in [-0.05, 0) is 23.6 Å². The average Bonchev–Trinajstić information content (AvgIpc) is 2.83. The molecule has 1 aliphatic rings. The normalized spacial score (nSPS) is 21.3. The van der Waals surface area contributed by atoms with E-state index in [1.165, 1.54) is 6.07 Å². The number of benzene rings is 2. The lowest BCUT2D eigenvalue weighted by molar-refractivity contribution is -0.119. The molecule has 1 heterocycles. The fourth-order valence-electron chi connectivity index (χ4n) is 2.90. The van der Waals surface area contributed by atoms with E-state index in [0.717, 1.165) is 11.6 Å². The van der Waals surface area contributed by atoms with E-state index in [2.05, 4.69) is 5.32 Å². The first-order valence-corrected chi connectivity index (χ1v) is 6.92. The Morgan fingerprint density at radius 1 is 1.05 bits per heavy atom. The maximum Gasteiger partial charge on any atom is 0.220 e. The molecule has 0 spiro atoms. The number of hydrogen-bond acceptors (Lipinski definition) is 1. The second-order valence-electron chi connectivity index (χ2n) is 5.32. The Balaban J connectivity index is 1.89. The molecule has 1 N–H and O–H groups in total. The third-order valence-corrected chi connectivity index (χ3v) is 3.92. The van der Waals surface area contributed by atoms with Crippen LogP contribution in [-0.2, 0) is 11.2 Å². The highest BCUT2D eigenvalue weighted by Gasteiger charge is 2.35. The number of carbonyl (C=O) groups is 1. The third kappa shape index (κ3) is 2.79. The standard InChI is InChI=1S/C17H15F2NO/c18-14-8-4-7-12(17(14)19)13-10-16(21)20-15(13)9-11-5-2-1-3-6-11/h1-8,13,15H,9-10H2,(H,20,21). The van der Waals surface area contributed by atoms with E-state index in [9.17, 15) is 13.6 Å². The highest BCUT2D eigenvalue weighted by atomic mass is 19.2. The minimum atomic E-state index is -0.870. The van der Waals surface area contributed by atoms with Crippen LogP contribution in [0, 0.1) is 11.6 Å². The zero-order valence-corrected chi connectivity index (χ0v) is 11.4. The molecular weight excluding hydrogens is 272 g/mol. The summed E-state index contributed by atoms with van der Waals surface area (Å²) >= 11 is 0. The molecule has 2 atom stereocenters. The quantitative estimate of drug-likeness (QED) is 0.923. The van der Waals surface area contributed by atoms with Crippen LogP contribution in [0.4, 0.5) is 8.78 Å². The molecule has 2 unspecified atom stereocenters. The van der Waals surface area contributed by atoms with Crippen molar-refractivity contribution < 1.29 is 13.6 Å². The molecule has 0 bridgehead atoms. The topological polar surface area (TPSA) is 29.1 Å². The van der Waals surface area contributed by atoms with Crippen molar-refractivity contribution in [3.63, 3.8) is 0 Å². The molecule has 4 heteroatoms. The Morgan fingerprint density at radius 2 is 1.81 bits per heavy atom. The van der Waals surface area contributed by atoms with Gasteiger partial charge in [0.25, 0.3) is 0 Å². The van der Waals surface area contributed by atoms with E-state index in [-0.39, 0.29) is 29.9 Å². The van der Waals surface area contributed by atoms with Gasteiger partial charge in [-0.3, -0.25) is 4.79 Å². The zero-order valence-electron chi connectivity index (χ0n) is 11.4. The highest BCUT2D eigenvalue weighted by Crippen LogP contribution is 2.32. The molecular formula is C17H15F2NO. The fraction of sp³-hybridized carbons (Fsp3) is 0.235. The lowest BCUT2D eigenvalue weighted by Crippen LogP contribution is -2.30. The molecule has 0 radical (unpaired) electrons. The Labute approximate surface area is 121 Å². The van der Waals surface area contributed by atoms with Crippen molar-refractivity contribution in [1.82, 2.24) is 5.32 Å². The molecule has 0 saturated carbocycles. The van der Waals surface area contributed by atoms with Crippen LogP contribution < -0.4 is 5.32 Å². The molecule has 108 valence electrons. The summed E-state index contributed by atoms with van der Waals surface area (Å²) in [5.74, 6) is -2.18. The van der Waals surface area contributed by atoms with Crippen LogP contribution >= 0.6 is 0 Å². The second-order valence-corrected chi connectivity index (χ2v) is 5.32. The first kappa shape index (κ1) is 13.7. The van der Waals surface area contributed by atoms with Crippen LogP contribution in [0.1, 0.15) is 23.5 Å². The largest absolute Gasteiger partial charge is 0.352 e. The monoisotopic (exact) mass is 287 g/mol. The van der Waals surface area contributed by atoms with E-state index in [1.54, 1.807) is 6.07 Å². The summed E-state index contributed by atoms with van der Waals surface area (Å²) in [6, 6.07) is 13.6. The van der Waals surface area contributed by atoms with Crippen LogP contribution in [0.5, 0.6) is 0 Å². The smallest absolute Gasteiger partial charge is 0.220 e. The van der Waals surface area contributed by atoms with Crippen molar-refractivity contribution in [2.45, 2.75) is 24.8 Å². The van der Waals surface area contributed by atoms with Gasteiger partial charge in [0.2, 0.25) is 5.91 Å². The Hall–Kier alpha value is -2.23. The lowest BCUT2D eigenvalue weighted by atomic mass is 9.88. The summed E-state index contributed by atoms with van der Waals surface area (Å²) < 4.78 is 27.4. The van der Waals surface area contributed by atoms with Crippen molar-refractivity contribution in [3.05, 3.63) is 71.3 Å². The predicted molar refractivity (Wildman–Crippen MR) is 75.8 cm³/mol. The first-order valence-electron chi connectivity index (χ1n) is 6.92. The van der Waals surface area contributed by atoms with Crippen LogP contribution in [0.2, 0.25) is 0 Å². The van der Waals surface area contributed by atoms with Gasteiger partial charge in [0.1, 0.15) is 0 Å². The van der Waals surface area contributed by atoms with Crippen LogP contribution in [0.15, 0.2) is 48.5 Å². The van der Waals surface area contributed by atoms with E-state index >= 15 is 0 Å². The van der Waals surface area contributed by atoms with E-state index < -0.39 is 11.6 Å². The van der Waals surface area contributed by atoms with Gasteiger partial charge < -0.3 is 5.32 Å². The Bertz CT molecular complexity index is 657. The summed E-state index contributed by atoms with van der Waals surface area (Å²) in [7, 11) is 0. The second kappa shape index (κ2) is 5.64. The van der Waals surface area contributed by atoms with Crippen molar-refractivity contribution in [2.24, 2.45) is 0 Å². The van der Waals surface area contributed by atoms with Crippen molar-refractivity contribution in [3.8, 4) is 0 Å². The highest BCUT2D eigenvalue weighted by molar-refractivity contribution is 5.80. The van der Waals surface area contributed by atoms with Crippen LogP contribution in [0.25, 0.3) is 0 Å². The molecule has 0 aromatic heterocycles. The minimum Gasteiger partial charge on any atom is -0.352 e. The lowest BCUT2D eigenvalue weighted by Gasteiger charge is -2.20. The number of hydrogen-bond donors (Lipinski definition) is 1. The Morgan fingerprint density at radius 3 is 2.57 bits per heavy atom. The third-order valence-electron chi connectivity index (χ3n) is 3.92. The zero-order chi connectivity index (χ0) is 14.8. The van der Waals surface area contributed by atoms with Gasteiger partial charge in [0.05, 0.1) is 0 Å². The summed E-state index contributed by atoms with van der Waals surface area (Å²) in [6.07, 6.45) is 0.797. The van der Waals surface area contributed by atoms with Crippen molar-refractivity contribution in [2.75, 3.05) is 0 Å². The Kier molecular flexibility index (Phi) is 3.69. The minimum absolute atomic E-state index is 0.121. The average molecular weight is 287 g/mol. The molecule has 1 fully saturated rings. The molecule has 3 rings (SSSR count). The SMILES string of the molecule is O=C1CC(c2cccc(F)c2F)C(Cc2ccccc2)N1. The molecule has 2 aromatic rings. The maximum atomic E-state index is 14.0. The van der Waals surface area contributed by atoms with E-state index in [4.69, 9.17) is 0 Å². The van der Waals surface area contributed by atoms with Gasteiger partial charge in [-0.1, -0.05) is 42.5 Å². The van der Waals surface area contributed by atoms with Gasteiger partial charge in [-0.2, -0.15) is 0 Å². The summed E-state index contributed by atoms with van der Waals surface area (Å²) in [5.41, 5.74) is 1.33. The molecule has 0 aliphatic carbocycles. The van der Waals surface area contributed by atoms with Crippen molar-refractivity contribution >= 4 is 5.91 Å². The molecule has 1 aliphatic heterocycles. The molecule has 2 aromatic carbocycles. The summed E-state index contributed by atoms with van der Waals surface area (Å²) in [6.45, 7) is 0.